The summed E-state index contributed by atoms with van der Waals surface area (Å²) >= 11 is 6.38. The Morgan fingerprint density at radius 3 is 2.85 bits per heavy atom. The average Bonchev–Trinajstić information content (AvgIpc) is 3.10. The van der Waals surface area contributed by atoms with Gasteiger partial charge >= 0.3 is 0 Å². The molecule has 0 spiro atoms. The van der Waals surface area contributed by atoms with Gasteiger partial charge in [-0.3, -0.25) is 4.79 Å². The molecule has 3 aromatic rings. The zero-order valence-electron chi connectivity index (χ0n) is 15.0. The highest BCUT2D eigenvalue weighted by molar-refractivity contribution is 6.31. The van der Waals surface area contributed by atoms with Gasteiger partial charge in [-0.25, -0.2) is 0 Å². The lowest BCUT2D eigenvalue weighted by molar-refractivity contribution is 0.539. The molecule has 0 radical (unpaired) electrons. The monoisotopic (exact) mass is 367 g/mol. The SMILES string of the molecule is Cc1c(Cl)cccc1C1(Nc2ccc3ccn(C)c(=O)c3c2)CCNC1. The van der Waals surface area contributed by atoms with E-state index in [9.17, 15) is 4.79 Å². The van der Waals surface area contributed by atoms with E-state index in [-0.39, 0.29) is 11.1 Å². The predicted molar refractivity (Wildman–Crippen MR) is 108 cm³/mol. The quantitative estimate of drug-likeness (QED) is 0.740. The Morgan fingerprint density at radius 2 is 2.08 bits per heavy atom. The number of aryl methyl sites for hydroxylation is 1. The molecule has 26 heavy (non-hydrogen) atoms. The van der Waals surface area contributed by atoms with E-state index in [1.807, 2.05) is 36.4 Å². The van der Waals surface area contributed by atoms with Crippen molar-refractivity contribution in [2.24, 2.45) is 7.05 Å². The number of hydrogen-bond acceptors (Lipinski definition) is 3. The van der Waals surface area contributed by atoms with Crippen molar-refractivity contribution in [2.45, 2.75) is 18.9 Å². The maximum Gasteiger partial charge on any atom is 0.258 e. The third kappa shape index (κ3) is 2.79. The van der Waals surface area contributed by atoms with Crippen molar-refractivity contribution in [1.29, 1.82) is 0 Å². The van der Waals surface area contributed by atoms with E-state index in [0.717, 1.165) is 46.6 Å². The van der Waals surface area contributed by atoms with Crippen LogP contribution in [0.3, 0.4) is 0 Å². The number of benzene rings is 2. The van der Waals surface area contributed by atoms with Gasteiger partial charge in [0.25, 0.3) is 5.56 Å². The third-order valence-corrected chi connectivity index (χ3v) is 5.81. The van der Waals surface area contributed by atoms with Crippen LogP contribution in [0.4, 0.5) is 5.69 Å². The Balaban J connectivity index is 1.80. The number of hydrogen-bond donors (Lipinski definition) is 2. The molecule has 5 heteroatoms. The normalized spacial score (nSPS) is 19.8. The molecular weight excluding hydrogens is 346 g/mol. The lowest BCUT2D eigenvalue weighted by Gasteiger charge is -2.33. The van der Waals surface area contributed by atoms with Crippen molar-refractivity contribution < 1.29 is 0 Å². The minimum atomic E-state index is -0.233. The molecule has 1 aliphatic rings. The summed E-state index contributed by atoms with van der Waals surface area (Å²) in [7, 11) is 1.78. The van der Waals surface area contributed by atoms with Crippen molar-refractivity contribution in [3.05, 3.63) is 75.2 Å². The molecule has 0 aliphatic carbocycles. The first kappa shape index (κ1) is 17.1. The number of fused-ring (bicyclic) bond motifs is 1. The van der Waals surface area contributed by atoms with Gasteiger partial charge in [0.05, 0.1) is 5.54 Å². The van der Waals surface area contributed by atoms with Gasteiger partial charge < -0.3 is 15.2 Å². The summed E-state index contributed by atoms with van der Waals surface area (Å²) in [4.78, 5) is 12.5. The predicted octanol–water partition coefficient (Wildman–Crippen LogP) is 3.80. The van der Waals surface area contributed by atoms with Gasteiger partial charge in [-0.1, -0.05) is 29.8 Å². The number of anilines is 1. The molecule has 4 nitrogen and oxygen atoms in total. The molecular formula is C21H22ClN3O. The van der Waals surface area contributed by atoms with Crippen LogP contribution in [0.15, 0.2) is 53.5 Å². The third-order valence-electron chi connectivity index (χ3n) is 5.40. The number of nitrogens with one attached hydrogen (secondary N) is 2. The van der Waals surface area contributed by atoms with E-state index < -0.39 is 0 Å². The fraction of sp³-hybridized carbons (Fsp3) is 0.286. The van der Waals surface area contributed by atoms with E-state index in [1.165, 1.54) is 5.56 Å². The second kappa shape index (κ2) is 6.45. The van der Waals surface area contributed by atoms with Crippen molar-refractivity contribution in [3.8, 4) is 0 Å². The van der Waals surface area contributed by atoms with Gasteiger partial charge in [0.1, 0.15) is 0 Å². The Hall–Kier alpha value is -2.30. The Kier molecular flexibility index (Phi) is 4.25. The second-order valence-corrected chi connectivity index (χ2v) is 7.49. The zero-order chi connectivity index (χ0) is 18.3. The number of nitrogens with zero attached hydrogens (tertiary/aromatic N) is 1. The van der Waals surface area contributed by atoms with Crippen LogP contribution in [0.1, 0.15) is 17.5 Å². The van der Waals surface area contributed by atoms with E-state index >= 15 is 0 Å². The standard InChI is InChI=1S/C21H22ClN3O/c1-14-18(4-3-5-19(14)22)21(9-10-23-13-21)24-16-7-6-15-8-11-25(2)20(26)17(15)12-16/h3-8,11-12,23-24H,9-10,13H2,1-2H3. The highest BCUT2D eigenvalue weighted by Gasteiger charge is 2.37. The van der Waals surface area contributed by atoms with E-state index in [1.54, 1.807) is 17.8 Å². The number of pyridine rings is 1. The van der Waals surface area contributed by atoms with Gasteiger partial charge in [0, 0.05) is 35.9 Å². The molecule has 2 N–H and O–H groups in total. The van der Waals surface area contributed by atoms with Gasteiger partial charge in [0.2, 0.25) is 0 Å². The van der Waals surface area contributed by atoms with Crippen molar-refractivity contribution in [3.63, 3.8) is 0 Å². The summed E-state index contributed by atoms with van der Waals surface area (Å²) in [5, 5.41) is 9.63. The molecule has 1 saturated heterocycles. The average molecular weight is 368 g/mol. The largest absolute Gasteiger partial charge is 0.374 e. The summed E-state index contributed by atoms with van der Waals surface area (Å²) in [5.74, 6) is 0. The van der Waals surface area contributed by atoms with Gasteiger partial charge in [0.15, 0.2) is 0 Å². The fourth-order valence-electron chi connectivity index (χ4n) is 3.91. The Bertz CT molecular complexity index is 1040. The maximum absolute atomic E-state index is 12.5. The fourth-order valence-corrected chi connectivity index (χ4v) is 4.09. The molecule has 0 amide bonds. The number of halogens is 1. The molecule has 0 saturated carbocycles. The first-order chi connectivity index (χ1) is 12.5. The molecule has 0 bridgehead atoms. The summed E-state index contributed by atoms with van der Waals surface area (Å²) in [5.41, 5.74) is 3.04. The first-order valence-corrected chi connectivity index (χ1v) is 9.22. The van der Waals surface area contributed by atoms with Crippen LogP contribution in [0.5, 0.6) is 0 Å². The smallest absolute Gasteiger partial charge is 0.258 e. The van der Waals surface area contributed by atoms with Crippen LogP contribution in [0, 0.1) is 6.92 Å². The Labute approximate surface area is 157 Å². The summed E-state index contributed by atoms with van der Waals surface area (Å²) < 4.78 is 1.61. The van der Waals surface area contributed by atoms with E-state index in [2.05, 4.69) is 23.6 Å². The van der Waals surface area contributed by atoms with Gasteiger partial charge in [-0.05, 0) is 60.7 Å². The highest BCUT2D eigenvalue weighted by Crippen LogP contribution is 2.36. The van der Waals surface area contributed by atoms with Crippen molar-refractivity contribution in [1.82, 2.24) is 9.88 Å². The molecule has 1 aliphatic heterocycles. The minimum Gasteiger partial charge on any atom is -0.374 e. The van der Waals surface area contributed by atoms with Crippen LogP contribution in [-0.4, -0.2) is 17.7 Å². The summed E-state index contributed by atoms with van der Waals surface area (Å²) in [6, 6.07) is 14.0. The van der Waals surface area contributed by atoms with Crippen LogP contribution >= 0.6 is 11.6 Å². The van der Waals surface area contributed by atoms with Crippen LogP contribution in [-0.2, 0) is 12.6 Å². The molecule has 1 unspecified atom stereocenters. The topological polar surface area (TPSA) is 46.1 Å². The number of rotatable bonds is 3. The lowest BCUT2D eigenvalue weighted by atomic mass is 9.85. The van der Waals surface area contributed by atoms with E-state index in [4.69, 9.17) is 11.6 Å². The van der Waals surface area contributed by atoms with Gasteiger partial charge in [-0.2, -0.15) is 0 Å². The summed E-state index contributed by atoms with van der Waals surface area (Å²) in [6.07, 6.45) is 2.76. The maximum atomic E-state index is 12.5. The molecule has 2 heterocycles. The molecule has 1 aromatic heterocycles. The van der Waals surface area contributed by atoms with Crippen LogP contribution < -0.4 is 16.2 Å². The molecule has 1 fully saturated rings. The van der Waals surface area contributed by atoms with Crippen LogP contribution in [0.2, 0.25) is 5.02 Å². The van der Waals surface area contributed by atoms with Crippen molar-refractivity contribution >= 4 is 28.1 Å². The molecule has 2 aromatic carbocycles. The zero-order valence-corrected chi connectivity index (χ0v) is 15.7. The van der Waals surface area contributed by atoms with Crippen molar-refractivity contribution in [2.75, 3.05) is 18.4 Å². The first-order valence-electron chi connectivity index (χ1n) is 8.84. The summed E-state index contributed by atoms with van der Waals surface area (Å²) in [6.45, 7) is 3.82. The molecule has 1 atom stereocenters. The molecule has 4 rings (SSSR count). The van der Waals surface area contributed by atoms with Crippen LogP contribution in [0.25, 0.3) is 10.8 Å². The molecule has 134 valence electrons. The lowest BCUT2D eigenvalue weighted by Crippen LogP contribution is -2.38. The Morgan fingerprint density at radius 1 is 1.23 bits per heavy atom. The van der Waals surface area contributed by atoms with Gasteiger partial charge in [-0.15, -0.1) is 0 Å². The van der Waals surface area contributed by atoms with E-state index in [0.29, 0.717) is 0 Å². The second-order valence-electron chi connectivity index (χ2n) is 7.08. The number of aromatic nitrogens is 1. The minimum absolute atomic E-state index is 0.0173. The highest BCUT2D eigenvalue weighted by atomic mass is 35.5.